The molecule has 0 amide bonds. The Bertz CT molecular complexity index is 733. The smallest absolute Gasteiger partial charge is 0.314 e. The van der Waals surface area contributed by atoms with Gasteiger partial charge in [0.25, 0.3) is 0 Å². The van der Waals surface area contributed by atoms with Gasteiger partial charge in [0.05, 0.1) is 16.0 Å². The molecule has 0 radical (unpaired) electrons. The predicted molar refractivity (Wildman–Crippen MR) is 74.6 cm³/mol. The second-order valence-electron chi connectivity index (χ2n) is 4.17. The maximum atomic E-state index is 13.0. The van der Waals surface area contributed by atoms with Gasteiger partial charge >= 0.3 is 5.69 Å². The van der Waals surface area contributed by atoms with E-state index in [-0.39, 0.29) is 22.3 Å². The van der Waals surface area contributed by atoms with Crippen molar-refractivity contribution in [3.05, 3.63) is 62.9 Å². The first-order valence-electron chi connectivity index (χ1n) is 5.81. The van der Waals surface area contributed by atoms with Crippen LogP contribution in [0.3, 0.4) is 0 Å². The summed E-state index contributed by atoms with van der Waals surface area (Å²) in [4.78, 5) is 21.3. The molecule has 0 spiro atoms. The van der Waals surface area contributed by atoms with Gasteiger partial charge in [0.15, 0.2) is 5.78 Å². The molecule has 0 atom stereocenters. The summed E-state index contributed by atoms with van der Waals surface area (Å²) < 4.78 is 18.4. The molecule has 0 bridgehead atoms. The summed E-state index contributed by atoms with van der Waals surface area (Å²) in [6, 6.07) is 7.25. The molecule has 0 saturated carbocycles. The summed E-state index contributed by atoms with van der Waals surface area (Å²) in [6.45, 7) is 1.39. The fraction of sp³-hybridized carbons (Fsp3) is 0.0714. The molecule has 2 aromatic rings. The molecule has 21 heavy (non-hydrogen) atoms. The fourth-order valence-corrected chi connectivity index (χ4v) is 1.86. The lowest BCUT2D eigenvalue weighted by Crippen LogP contribution is -1.96. The molecule has 7 heteroatoms. The van der Waals surface area contributed by atoms with Crippen molar-refractivity contribution in [3.8, 4) is 11.5 Å². The van der Waals surface area contributed by atoms with Gasteiger partial charge < -0.3 is 4.74 Å². The molecular formula is C14H9ClFNO4. The summed E-state index contributed by atoms with van der Waals surface area (Å²) in [5, 5.41) is 11.0. The van der Waals surface area contributed by atoms with Crippen LogP contribution in [-0.4, -0.2) is 10.7 Å². The number of rotatable bonds is 4. The Labute approximate surface area is 124 Å². The molecule has 2 aromatic carbocycles. The number of nitro benzene ring substituents is 1. The maximum absolute atomic E-state index is 13.0. The molecule has 0 aromatic heterocycles. The first kappa shape index (κ1) is 14.9. The number of nitro groups is 1. The van der Waals surface area contributed by atoms with Gasteiger partial charge in [0.2, 0.25) is 5.75 Å². The third-order valence-corrected chi connectivity index (χ3v) is 2.97. The lowest BCUT2D eigenvalue weighted by molar-refractivity contribution is -0.385. The van der Waals surface area contributed by atoms with Crippen molar-refractivity contribution in [2.45, 2.75) is 6.92 Å². The van der Waals surface area contributed by atoms with E-state index in [4.69, 9.17) is 16.3 Å². The molecular weight excluding hydrogens is 301 g/mol. The Morgan fingerprint density at radius 2 is 1.90 bits per heavy atom. The zero-order valence-electron chi connectivity index (χ0n) is 10.8. The maximum Gasteiger partial charge on any atom is 0.314 e. The molecule has 108 valence electrons. The Kier molecular flexibility index (Phi) is 4.18. The van der Waals surface area contributed by atoms with Crippen LogP contribution in [0.1, 0.15) is 17.3 Å². The quantitative estimate of drug-likeness (QED) is 0.477. The number of ether oxygens (including phenoxy) is 1. The van der Waals surface area contributed by atoms with Gasteiger partial charge in [0, 0.05) is 5.56 Å². The summed E-state index contributed by atoms with van der Waals surface area (Å²) in [5.41, 5.74) is -0.123. The minimum atomic E-state index is -0.754. The minimum absolute atomic E-state index is 0.126. The van der Waals surface area contributed by atoms with Crippen molar-refractivity contribution in [1.82, 2.24) is 0 Å². The highest BCUT2D eigenvalue weighted by Gasteiger charge is 2.18. The van der Waals surface area contributed by atoms with Crippen LogP contribution >= 0.6 is 11.6 Å². The van der Waals surface area contributed by atoms with Gasteiger partial charge in [0.1, 0.15) is 11.6 Å². The van der Waals surface area contributed by atoms with Gasteiger partial charge in [-0.1, -0.05) is 11.6 Å². The van der Waals surface area contributed by atoms with Gasteiger partial charge in [-0.05, 0) is 37.3 Å². The van der Waals surface area contributed by atoms with Gasteiger partial charge in [-0.15, -0.1) is 0 Å². The van der Waals surface area contributed by atoms with Crippen LogP contribution in [0.15, 0.2) is 36.4 Å². The molecule has 0 fully saturated rings. The van der Waals surface area contributed by atoms with Crippen LogP contribution in [-0.2, 0) is 0 Å². The SMILES string of the molecule is CC(=O)c1ccc(Oc2ccc(F)cc2[N+](=O)[O-])c(Cl)c1. The molecule has 0 aliphatic carbocycles. The molecule has 0 N–H and O–H groups in total. The number of Topliss-reactive ketones (excluding diaryl/α,β-unsaturated/α-hetero) is 1. The summed E-state index contributed by atoms with van der Waals surface area (Å²) >= 11 is 5.97. The number of carbonyl (C=O) groups excluding carboxylic acids is 1. The van der Waals surface area contributed by atoms with E-state index < -0.39 is 16.4 Å². The van der Waals surface area contributed by atoms with Crippen LogP contribution in [0.2, 0.25) is 5.02 Å². The number of halogens is 2. The summed E-state index contributed by atoms with van der Waals surface area (Å²) in [5.74, 6) is -0.918. The lowest BCUT2D eigenvalue weighted by Gasteiger charge is -2.08. The Hall–Kier alpha value is -2.47. The van der Waals surface area contributed by atoms with Crippen molar-refractivity contribution in [1.29, 1.82) is 0 Å². The zero-order valence-corrected chi connectivity index (χ0v) is 11.6. The third kappa shape index (κ3) is 3.35. The average Bonchev–Trinajstić information content (AvgIpc) is 2.42. The molecule has 0 aliphatic heterocycles. The monoisotopic (exact) mass is 309 g/mol. The van der Waals surface area contributed by atoms with Crippen LogP contribution < -0.4 is 4.74 Å². The molecule has 2 rings (SSSR count). The highest BCUT2D eigenvalue weighted by molar-refractivity contribution is 6.32. The highest BCUT2D eigenvalue weighted by atomic mass is 35.5. The van der Waals surface area contributed by atoms with Crippen LogP contribution in [0.5, 0.6) is 11.5 Å². The molecule has 0 aliphatic rings. The van der Waals surface area contributed by atoms with Gasteiger partial charge in [-0.25, -0.2) is 4.39 Å². The number of hydrogen-bond donors (Lipinski definition) is 0. The van der Waals surface area contributed by atoms with Crippen LogP contribution in [0, 0.1) is 15.9 Å². The second-order valence-corrected chi connectivity index (χ2v) is 4.58. The van der Waals surface area contributed by atoms with Gasteiger partial charge in [-0.2, -0.15) is 0 Å². The number of carbonyl (C=O) groups is 1. The van der Waals surface area contributed by atoms with E-state index in [9.17, 15) is 19.3 Å². The van der Waals surface area contributed by atoms with Crippen molar-refractivity contribution >= 4 is 23.1 Å². The summed E-state index contributed by atoms with van der Waals surface area (Å²) in [6.07, 6.45) is 0. The van der Waals surface area contributed by atoms with E-state index in [0.717, 1.165) is 18.2 Å². The lowest BCUT2D eigenvalue weighted by atomic mass is 10.1. The van der Waals surface area contributed by atoms with Crippen molar-refractivity contribution in [2.75, 3.05) is 0 Å². The third-order valence-electron chi connectivity index (χ3n) is 2.68. The highest BCUT2D eigenvalue weighted by Crippen LogP contribution is 2.35. The Balaban J connectivity index is 2.39. The number of ketones is 1. The fourth-order valence-electron chi connectivity index (χ4n) is 1.64. The number of hydrogen-bond acceptors (Lipinski definition) is 4. The largest absolute Gasteiger partial charge is 0.449 e. The molecule has 5 nitrogen and oxygen atoms in total. The predicted octanol–water partition coefficient (Wildman–Crippen LogP) is 4.38. The normalized spacial score (nSPS) is 10.2. The zero-order chi connectivity index (χ0) is 15.6. The first-order valence-corrected chi connectivity index (χ1v) is 6.18. The van der Waals surface area contributed by atoms with E-state index in [2.05, 4.69) is 0 Å². The Morgan fingerprint density at radius 3 is 2.48 bits per heavy atom. The van der Waals surface area contributed by atoms with Crippen molar-refractivity contribution in [2.24, 2.45) is 0 Å². The number of nitrogens with zero attached hydrogens (tertiary/aromatic N) is 1. The molecule has 0 unspecified atom stereocenters. The first-order chi connectivity index (χ1) is 9.88. The van der Waals surface area contributed by atoms with Crippen LogP contribution in [0.25, 0.3) is 0 Å². The van der Waals surface area contributed by atoms with Gasteiger partial charge in [-0.3, -0.25) is 14.9 Å². The standard InChI is InChI=1S/C14H9ClFNO4/c1-8(18)9-2-4-13(11(15)6-9)21-14-5-3-10(16)7-12(14)17(19)20/h2-7H,1H3. The summed E-state index contributed by atoms with van der Waals surface area (Å²) in [7, 11) is 0. The second kappa shape index (κ2) is 5.88. The van der Waals surface area contributed by atoms with E-state index in [0.29, 0.717) is 5.56 Å². The minimum Gasteiger partial charge on any atom is -0.449 e. The molecule has 0 heterocycles. The average molecular weight is 310 g/mol. The van der Waals surface area contributed by atoms with Crippen molar-refractivity contribution < 1.29 is 18.8 Å². The van der Waals surface area contributed by atoms with Crippen molar-refractivity contribution in [3.63, 3.8) is 0 Å². The Morgan fingerprint density at radius 1 is 1.24 bits per heavy atom. The molecule has 0 saturated heterocycles. The van der Waals surface area contributed by atoms with E-state index in [1.54, 1.807) is 0 Å². The topological polar surface area (TPSA) is 69.4 Å². The van der Waals surface area contributed by atoms with E-state index in [1.807, 2.05) is 0 Å². The van der Waals surface area contributed by atoms with Crippen LogP contribution in [0.4, 0.5) is 10.1 Å². The van der Waals surface area contributed by atoms with E-state index >= 15 is 0 Å². The number of benzene rings is 2. The van der Waals surface area contributed by atoms with E-state index in [1.165, 1.54) is 25.1 Å².